The third kappa shape index (κ3) is 2.52. The fraction of sp³-hybridized carbons (Fsp3) is 0.333. The van der Waals surface area contributed by atoms with Crippen LogP contribution in [0.5, 0.6) is 0 Å². The largest absolute Gasteiger partial charge is 0.135 e. The first-order chi connectivity index (χ1) is 8.92. The molecule has 0 amide bonds. The summed E-state index contributed by atoms with van der Waals surface area (Å²) in [6.07, 6.45) is 1.14. The topological polar surface area (TPSA) is 0 Å². The minimum Gasteiger partial charge on any atom is -0.135 e. The van der Waals surface area contributed by atoms with Crippen LogP contribution in [0.15, 0.2) is 36.4 Å². The van der Waals surface area contributed by atoms with E-state index in [9.17, 15) is 0 Å². The Bertz CT molecular complexity index is 741. The van der Waals surface area contributed by atoms with Crippen LogP contribution in [0, 0.1) is 12.3 Å². The van der Waals surface area contributed by atoms with E-state index in [1.165, 1.54) is 31.3 Å². The molecule has 0 aliphatic rings. The van der Waals surface area contributed by atoms with E-state index in [4.69, 9.17) is 0 Å². The predicted molar refractivity (Wildman–Crippen MR) is 87.2 cm³/mol. The molecule has 0 nitrogen and oxygen atoms in total. The SMILES string of the molecule is Cc1ccc2c(c1)sc1cc(CC(C)(C)C)ccc12. The molecule has 0 spiro atoms. The molecule has 98 valence electrons. The van der Waals surface area contributed by atoms with Gasteiger partial charge < -0.3 is 0 Å². The first-order valence-corrected chi connectivity index (χ1v) is 7.66. The van der Waals surface area contributed by atoms with Crippen molar-refractivity contribution in [2.75, 3.05) is 0 Å². The summed E-state index contributed by atoms with van der Waals surface area (Å²) < 4.78 is 2.82. The van der Waals surface area contributed by atoms with Crippen molar-refractivity contribution in [1.29, 1.82) is 0 Å². The molecule has 1 heteroatoms. The smallest absolute Gasteiger partial charge is 0.0358 e. The molecular formula is C18H20S. The highest BCUT2D eigenvalue weighted by Gasteiger charge is 2.12. The molecule has 0 fully saturated rings. The molecule has 0 bridgehead atoms. The van der Waals surface area contributed by atoms with Gasteiger partial charge in [0.05, 0.1) is 0 Å². The van der Waals surface area contributed by atoms with Gasteiger partial charge in [-0.1, -0.05) is 45.0 Å². The van der Waals surface area contributed by atoms with Gasteiger partial charge in [0.25, 0.3) is 0 Å². The number of benzene rings is 2. The quantitative estimate of drug-likeness (QED) is 0.511. The van der Waals surface area contributed by atoms with Crippen LogP contribution in [0.3, 0.4) is 0 Å². The first kappa shape index (κ1) is 12.7. The second-order valence-electron chi connectivity index (χ2n) is 6.67. The normalized spacial score (nSPS) is 12.4. The zero-order chi connectivity index (χ0) is 13.6. The van der Waals surface area contributed by atoms with Crippen molar-refractivity contribution in [2.24, 2.45) is 5.41 Å². The molecule has 3 rings (SSSR count). The van der Waals surface area contributed by atoms with Crippen LogP contribution in [0.2, 0.25) is 0 Å². The third-order valence-electron chi connectivity index (χ3n) is 3.43. The van der Waals surface area contributed by atoms with Gasteiger partial charge >= 0.3 is 0 Å². The summed E-state index contributed by atoms with van der Waals surface area (Å²) in [5.41, 5.74) is 3.14. The van der Waals surface area contributed by atoms with Crippen LogP contribution in [0.25, 0.3) is 20.2 Å². The monoisotopic (exact) mass is 268 g/mol. The molecule has 2 aromatic carbocycles. The van der Waals surface area contributed by atoms with Crippen molar-refractivity contribution in [2.45, 2.75) is 34.1 Å². The molecule has 0 N–H and O–H groups in total. The fourth-order valence-corrected chi connectivity index (χ4v) is 3.92. The molecule has 0 aliphatic carbocycles. The van der Waals surface area contributed by atoms with Gasteiger partial charge in [0.2, 0.25) is 0 Å². The van der Waals surface area contributed by atoms with E-state index in [1.807, 2.05) is 11.3 Å². The van der Waals surface area contributed by atoms with Crippen LogP contribution in [0.1, 0.15) is 31.9 Å². The van der Waals surface area contributed by atoms with Gasteiger partial charge in [-0.2, -0.15) is 0 Å². The van der Waals surface area contributed by atoms with E-state index >= 15 is 0 Å². The average Bonchev–Trinajstić information content (AvgIpc) is 2.62. The van der Waals surface area contributed by atoms with E-state index in [0.29, 0.717) is 5.41 Å². The van der Waals surface area contributed by atoms with Gasteiger partial charge in [-0.05, 0) is 42.0 Å². The lowest BCUT2D eigenvalue weighted by atomic mass is 9.88. The average molecular weight is 268 g/mol. The standard InChI is InChI=1S/C18H20S/c1-12-5-7-14-15-8-6-13(11-18(2,3)4)10-17(15)19-16(14)9-12/h5-10H,11H2,1-4H3. The van der Waals surface area contributed by atoms with Crippen molar-refractivity contribution in [3.8, 4) is 0 Å². The minimum absolute atomic E-state index is 0.348. The van der Waals surface area contributed by atoms with Crippen LogP contribution in [-0.2, 0) is 6.42 Å². The van der Waals surface area contributed by atoms with Gasteiger partial charge in [0.15, 0.2) is 0 Å². The molecule has 0 unspecified atom stereocenters. The van der Waals surface area contributed by atoms with E-state index in [0.717, 1.165) is 6.42 Å². The second kappa shape index (κ2) is 4.35. The summed E-state index contributed by atoms with van der Waals surface area (Å²) in [6, 6.07) is 13.7. The number of rotatable bonds is 1. The van der Waals surface area contributed by atoms with E-state index < -0.39 is 0 Å². The van der Waals surface area contributed by atoms with Gasteiger partial charge in [-0.25, -0.2) is 0 Å². The number of hydrogen-bond acceptors (Lipinski definition) is 1. The molecule has 0 atom stereocenters. The Balaban J connectivity index is 2.16. The molecule has 1 heterocycles. The van der Waals surface area contributed by atoms with Gasteiger partial charge in [0, 0.05) is 20.2 Å². The molecule has 0 radical (unpaired) electrons. The molecule has 19 heavy (non-hydrogen) atoms. The molecule has 3 aromatic rings. The van der Waals surface area contributed by atoms with E-state index in [2.05, 4.69) is 64.1 Å². The van der Waals surface area contributed by atoms with Crippen molar-refractivity contribution >= 4 is 31.5 Å². The maximum absolute atomic E-state index is 2.38. The summed E-state index contributed by atoms with van der Waals surface area (Å²) in [7, 11) is 0. The first-order valence-electron chi connectivity index (χ1n) is 6.84. The summed E-state index contributed by atoms with van der Waals surface area (Å²) in [5, 5.41) is 2.80. The summed E-state index contributed by atoms with van der Waals surface area (Å²) >= 11 is 1.92. The Hall–Kier alpha value is -1.34. The van der Waals surface area contributed by atoms with E-state index in [-0.39, 0.29) is 0 Å². The molecular weight excluding hydrogens is 248 g/mol. The van der Waals surface area contributed by atoms with Crippen LogP contribution < -0.4 is 0 Å². The highest BCUT2D eigenvalue weighted by molar-refractivity contribution is 7.25. The lowest BCUT2D eigenvalue weighted by Gasteiger charge is -2.17. The molecule has 1 aromatic heterocycles. The van der Waals surface area contributed by atoms with Gasteiger partial charge in [-0.3, -0.25) is 0 Å². The van der Waals surface area contributed by atoms with E-state index in [1.54, 1.807) is 0 Å². The number of fused-ring (bicyclic) bond motifs is 3. The zero-order valence-electron chi connectivity index (χ0n) is 12.1. The summed E-state index contributed by atoms with van der Waals surface area (Å²) in [5.74, 6) is 0. The third-order valence-corrected chi connectivity index (χ3v) is 4.54. The summed E-state index contributed by atoms with van der Waals surface area (Å²) in [4.78, 5) is 0. The lowest BCUT2D eigenvalue weighted by Crippen LogP contribution is -2.08. The Labute approximate surface area is 119 Å². The van der Waals surface area contributed by atoms with Crippen LogP contribution >= 0.6 is 11.3 Å². The molecule has 0 saturated carbocycles. The maximum Gasteiger partial charge on any atom is 0.0358 e. The predicted octanol–water partition coefficient (Wildman–Crippen LogP) is 5.95. The zero-order valence-corrected chi connectivity index (χ0v) is 12.9. The Morgan fingerprint density at radius 1 is 0.895 bits per heavy atom. The number of thiophene rings is 1. The fourth-order valence-electron chi connectivity index (χ4n) is 2.65. The number of hydrogen-bond donors (Lipinski definition) is 0. The van der Waals surface area contributed by atoms with Crippen LogP contribution in [0.4, 0.5) is 0 Å². The van der Waals surface area contributed by atoms with Crippen molar-refractivity contribution in [3.63, 3.8) is 0 Å². The minimum atomic E-state index is 0.348. The lowest BCUT2D eigenvalue weighted by molar-refractivity contribution is 0.411. The highest BCUT2D eigenvalue weighted by atomic mass is 32.1. The van der Waals surface area contributed by atoms with Crippen molar-refractivity contribution in [1.82, 2.24) is 0 Å². The van der Waals surface area contributed by atoms with Crippen molar-refractivity contribution in [3.05, 3.63) is 47.5 Å². The Morgan fingerprint density at radius 2 is 1.53 bits per heavy atom. The highest BCUT2D eigenvalue weighted by Crippen LogP contribution is 2.35. The Kier molecular flexibility index (Phi) is 2.90. The van der Waals surface area contributed by atoms with Gasteiger partial charge in [-0.15, -0.1) is 11.3 Å². The maximum atomic E-state index is 2.38. The Morgan fingerprint density at radius 3 is 2.21 bits per heavy atom. The second-order valence-corrected chi connectivity index (χ2v) is 7.75. The van der Waals surface area contributed by atoms with Crippen LogP contribution in [-0.4, -0.2) is 0 Å². The molecule has 0 aliphatic heterocycles. The summed E-state index contributed by atoms with van der Waals surface area (Å²) in [6.45, 7) is 9.05. The van der Waals surface area contributed by atoms with Crippen molar-refractivity contribution < 1.29 is 0 Å². The van der Waals surface area contributed by atoms with Gasteiger partial charge in [0.1, 0.15) is 0 Å². The number of aryl methyl sites for hydroxylation is 1. The molecule has 0 saturated heterocycles.